The summed E-state index contributed by atoms with van der Waals surface area (Å²) in [5, 5.41) is 3.13. The highest BCUT2D eigenvalue weighted by molar-refractivity contribution is 5.95. The lowest BCUT2D eigenvalue weighted by atomic mass is 10.1. The molecule has 3 aromatic carbocycles. The summed E-state index contributed by atoms with van der Waals surface area (Å²) in [6.07, 6.45) is 0. The van der Waals surface area contributed by atoms with Crippen LogP contribution in [-0.2, 0) is 6.54 Å². The van der Waals surface area contributed by atoms with Crippen LogP contribution in [0.5, 0.6) is 0 Å². The molecule has 1 amide bonds. The van der Waals surface area contributed by atoms with Gasteiger partial charge < -0.3 is 9.88 Å². The molecule has 1 atom stereocenters. The van der Waals surface area contributed by atoms with Crippen molar-refractivity contribution in [3.05, 3.63) is 101 Å². The van der Waals surface area contributed by atoms with E-state index in [2.05, 4.69) is 47.1 Å². The van der Waals surface area contributed by atoms with Gasteiger partial charge in [0, 0.05) is 12.1 Å². The Balaban J connectivity index is 1.68. The van der Waals surface area contributed by atoms with E-state index in [0.29, 0.717) is 12.1 Å². The largest absolute Gasteiger partial charge is 0.342 e. The average Bonchev–Trinajstić information content (AvgIpc) is 3.08. The van der Waals surface area contributed by atoms with Crippen LogP contribution in [0, 0.1) is 13.8 Å². The third-order valence-electron chi connectivity index (χ3n) is 5.27. The van der Waals surface area contributed by atoms with E-state index in [4.69, 9.17) is 4.98 Å². The third kappa shape index (κ3) is 3.92. The van der Waals surface area contributed by atoms with Gasteiger partial charge >= 0.3 is 0 Å². The number of nitrogens with one attached hydrogen (secondary N) is 1. The summed E-state index contributed by atoms with van der Waals surface area (Å²) in [7, 11) is 0. The lowest BCUT2D eigenvalue weighted by molar-refractivity contribution is 0.0937. The number of hydrogen-bond acceptors (Lipinski definition) is 2. The van der Waals surface area contributed by atoms with Crippen molar-refractivity contribution in [1.29, 1.82) is 0 Å². The molecule has 1 heterocycles. The molecule has 0 bridgehead atoms. The SMILES string of the molecule is Cc1ccc(Cn2c([C@H](C)NC(=O)c3ccccc3C)nc3ccccc32)cc1. The standard InChI is InChI=1S/C25H25N3O/c1-17-12-14-20(15-13-17)16-28-23-11-7-6-10-22(23)27-24(28)19(3)26-25(29)21-9-5-4-8-18(21)2/h4-15,19H,16H2,1-3H3,(H,26,29)/t19-/m0/s1. The van der Waals surface area contributed by atoms with E-state index in [1.54, 1.807) is 0 Å². The molecule has 4 rings (SSSR count). The van der Waals surface area contributed by atoms with E-state index < -0.39 is 0 Å². The topological polar surface area (TPSA) is 46.9 Å². The molecule has 4 heteroatoms. The summed E-state index contributed by atoms with van der Waals surface area (Å²) in [4.78, 5) is 17.7. The van der Waals surface area contributed by atoms with Gasteiger partial charge in [-0.2, -0.15) is 0 Å². The van der Waals surface area contributed by atoms with Crippen molar-refractivity contribution in [3.8, 4) is 0 Å². The average molecular weight is 383 g/mol. The molecule has 1 aromatic heterocycles. The molecule has 0 radical (unpaired) electrons. The summed E-state index contributed by atoms with van der Waals surface area (Å²) in [5.74, 6) is 0.776. The van der Waals surface area contributed by atoms with Crippen LogP contribution in [0.25, 0.3) is 11.0 Å². The second-order valence-electron chi connectivity index (χ2n) is 7.54. The fourth-order valence-electron chi connectivity index (χ4n) is 3.63. The minimum Gasteiger partial charge on any atom is -0.342 e. The van der Waals surface area contributed by atoms with Crippen molar-refractivity contribution in [2.45, 2.75) is 33.4 Å². The Labute approximate surface area is 171 Å². The molecule has 0 aliphatic carbocycles. The number of hydrogen-bond donors (Lipinski definition) is 1. The maximum atomic E-state index is 12.8. The van der Waals surface area contributed by atoms with Gasteiger partial charge in [-0.05, 0) is 50.1 Å². The van der Waals surface area contributed by atoms with E-state index in [0.717, 1.165) is 22.4 Å². The summed E-state index contributed by atoms with van der Waals surface area (Å²) in [5.41, 5.74) is 6.11. The van der Waals surface area contributed by atoms with Gasteiger partial charge in [-0.25, -0.2) is 4.98 Å². The first-order chi connectivity index (χ1) is 14.0. The highest BCUT2D eigenvalue weighted by Gasteiger charge is 2.20. The maximum absolute atomic E-state index is 12.8. The zero-order valence-corrected chi connectivity index (χ0v) is 17.0. The number of fused-ring (bicyclic) bond motifs is 1. The van der Waals surface area contributed by atoms with Crippen molar-refractivity contribution in [1.82, 2.24) is 14.9 Å². The second kappa shape index (κ2) is 7.92. The van der Waals surface area contributed by atoms with Crippen LogP contribution in [0.15, 0.2) is 72.8 Å². The molecule has 29 heavy (non-hydrogen) atoms. The van der Waals surface area contributed by atoms with Gasteiger partial charge in [0.05, 0.1) is 17.1 Å². The molecular weight excluding hydrogens is 358 g/mol. The van der Waals surface area contributed by atoms with E-state index in [1.165, 1.54) is 11.1 Å². The number of carbonyl (C=O) groups is 1. The Bertz CT molecular complexity index is 1160. The Morgan fingerprint density at radius 3 is 2.41 bits per heavy atom. The van der Waals surface area contributed by atoms with Gasteiger partial charge in [-0.15, -0.1) is 0 Å². The molecule has 4 nitrogen and oxygen atoms in total. The number of rotatable bonds is 5. The highest BCUT2D eigenvalue weighted by atomic mass is 16.1. The minimum atomic E-state index is -0.222. The van der Waals surface area contributed by atoms with Crippen LogP contribution in [0.2, 0.25) is 0 Å². The van der Waals surface area contributed by atoms with Gasteiger partial charge in [-0.3, -0.25) is 4.79 Å². The number of aromatic nitrogens is 2. The van der Waals surface area contributed by atoms with Gasteiger partial charge in [0.2, 0.25) is 0 Å². The third-order valence-corrected chi connectivity index (χ3v) is 5.27. The molecule has 0 saturated carbocycles. The molecular formula is C25H25N3O. The van der Waals surface area contributed by atoms with Gasteiger partial charge in [0.15, 0.2) is 0 Å². The van der Waals surface area contributed by atoms with Crippen LogP contribution in [0.4, 0.5) is 0 Å². The van der Waals surface area contributed by atoms with E-state index >= 15 is 0 Å². The minimum absolute atomic E-state index is 0.0791. The number of amides is 1. The smallest absolute Gasteiger partial charge is 0.252 e. The van der Waals surface area contributed by atoms with Crippen molar-refractivity contribution in [2.75, 3.05) is 0 Å². The lowest BCUT2D eigenvalue weighted by Crippen LogP contribution is -2.29. The first kappa shape index (κ1) is 18.9. The molecule has 0 unspecified atom stereocenters. The molecule has 0 fully saturated rings. The van der Waals surface area contributed by atoms with Gasteiger partial charge in [0.25, 0.3) is 5.91 Å². The number of imidazole rings is 1. The summed E-state index contributed by atoms with van der Waals surface area (Å²) in [6, 6.07) is 24.1. The number of carbonyl (C=O) groups excluding carboxylic acids is 1. The van der Waals surface area contributed by atoms with Gasteiger partial charge in [0.1, 0.15) is 5.82 Å². The summed E-state index contributed by atoms with van der Waals surface area (Å²) in [6.45, 7) is 6.74. The quantitative estimate of drug-likeness (QED) is 0.515. The molecule has 0 spiro atoms. The molecule has 0 saturated heterocycles. The predicted octanol–water partition coefficient (Wildman–Crippen LogP) is 5.19. The number of benzene rings is 3. The zero-order valence-electron chi connectivity index (χ0n) is 17.0. The normalized spacial score (nSPS) is 12.1. The molecule has 4 aromatic rings. The lowest BCUT2D eigenvalue weighted by Gasteiger charge is -2.17. The zero-order chi connectivity index (χ0) is 20.4. The van der Waals surface area contributed by atoms with Crippen LogP contribution in [0.1, 0.15) is 45.8 Å². The second-order valence-corrected chi connectivity index (χ2v) is 7.54. The van der Waals surface area contributed by atoms with E-state index in [9.17, 15) is 4.79 Å². The molecule has 0 aliphatic rings. The van der Waals surface area contributed by atoms with Gasteiger partial charge in [-0.1, -0.05) is 60.2 Å². The van der Waals surface area contributed by atoms with Crippen LogP contribution < -0.4 is 5.32 Å². The molecule has 146 valence electrons. The maximum Gasteiger partial charge on any atom is 0.252 e. The fourth-order valence-corrected chi connectivity index (χ4v) is 3.63. The number of aryl methyl sites for hydroxylation is 2. The van der Waals surface area contributed by atoms with Crippen molar-refractivity contribution < 1.29 is 4.79 Å². The fraction of sp³-hybridized carbons (Fsp3) is 0.200. The van der Waals surface area contributed by atoms with Crippen molar-refractivity contribution >= 4 is 16.9 Å². The van der Waals surface area contributed by atoms with E-state index in [1.807, 2.05) is 56.3 Å². The van der Waals surface area contributed by atoms with Crippen molar-refractivity contribution in [3.63, 3.8) is 0 Å². The van der Waals surface area contributed by atoms with E-state index in [-0.39, 0.29) is 11.9 Å². The number of para-hydroxylation sites is 2. The Kier molecular flexibility index (Phi) is 5.17. The number of nitrogens with zero attached hydrogens (tertiary/aromatic N) is 2. The van der Waals surface area contributed by atoms with Crippen molar-refractivity contribution in [2.24, 2.45) is 0 Å². The Morgan fingerprint density at radius 2 is 1.66 bits per heavy atom. The summed E-state index contributed by atoms with van der Waals surface area (Å²) >= 11 is 0. The highest BCUT2D eigenvalue weighted by Crippen LogP contribution is 2.23. The Hall–Kier alpha value is -3.40. The first-order valence-corrected chi connectivity index (χ1v) is 9.90. The van der Waals surface area contributed by atoms with Crippen LogP contribution >= 0.6 is 0 Å². The molecule has 1 N–H and O–H groups in total. The monoisotopic (exact) mass is 383 g/mol. The summed E-state index contributed by atoms with van der Waals surface area (Å²) < 4.78 is 2.20. The first-order valence-electron chi connectivity index (χ1n) is 9.90. The Morgan fingerprint density at radius 1 is 0.966 bits per heavy atom. The molecule has 0 aliphatic heterocycles. The van der Waals surface area contributed by atoms with Crippen LogP contribution in [0.3, 0.4) is 0 Å². The predicted molar refractivity (Wildman–Crippen MR) is 117 cm³/mol. The van der Waals surface area contributed by atoms with Crippen LogP contribution in [-0.4, -0.2) is 15.5 Å².